The van der Waals surface area contributed by atoms with E-state index in [0.29, 0.717) is 6.54 Å². The number of hydrogen-bond donors (Lipinski definition) is 0. The molecule has 0 aliphatic rings. The quantitative estimate of drug-likeness (QED) is 0.463. The maximum absolute atomic E-state index is 12.6. The number of ketones is 1. The zero-order valence-corrected chi connectivity index (χ0v) is 14.3. The lowest BCUT2D eigenvalue weighted by Crippen LogP contribution is -2.15. The van der Waals surface area contributed by atoms with Crippen molar-refractivity contribution in [3.8, 4) is 0 Å². The lowest BCUT2D eigenvalue weighted by Gasteiger charge is -2.12. The van der Waals surface area contributed by atoms with Crippen LogP contribution in [0.5, 0.6) is 0 Å². The summed E-state index contributed by atoms with van der Waals surface area (Å²) in [5, 5.41) is 8.78. The highest BCUT2D eigenvalue weighted by molar-refractivity contribution is 8.00. The average Bonchev–Trinajstić information content (AvgIpc) is 2.82. The van der Waals surface area contributed by atoms with Gasteiger partial charge in [-0.3, -0.25) is 4.79 Å². The number of carbonyl (C=O) groups is 1. The second kappa shape index (κ2) is 6.92. The van der Waals surface area contributed by atoms with Crippen LogP contribution in [0.4, 0.5) is 0 Å². The van der Waals surface area contributed by atoms with Crippen molar-refractivity contribution in [1.29, 1.82) is 0 Å². The molecule has 4 nitrogen and oxygen atoms in total. The van der Waals surface area contributed by atoms with Crippen LogP contribution in [0.3, 0.4) is 0 Å². The maximum atomic E-state index is 12.6. The predicted molar refractivity (Wildman–Crippen MR) is 90.5 cm³/mol. The summed E-state index contributed by atoms with van der Waals surface area (Å²) in [5.74, 6) is 0.937. The number of nitrogens with zero attached hydrogens (tertiary/aromatic N) is 3. The van der Waals surface area contributed by atoms with Gasteiger partial charge in [-0.05, 0) is 44.9 Å². The Morgan fingerprint density at radius 2 is 2.05 bits per heavy atom. The number of thioether (sulfide) groups is 1. The Labute approximate surface area is 135 Å². The SMILES string of the molecule is C=CCn1c(C)nnc1SC(C)C(=O)c1ccc(C)c(C)c1. The first-order valence-electron chi connectivity index (χ1n) is 7.23. The van der Waals surface area contributed by atoms with E-state index in [1.54, 1.807) is 6.08 Å². The summed E-state index contributed by atoms with van der Waals surface area (Å²) in [6.45, 7) is 12.3. The number of carbonyl (C=O) groups excluding carboxylic acids is 1. The van der Waals surface area contributed by atoms with Gasteiger partial charge in [-0.25, -0.2) is 0 Å². The van der Waals surface area contributed by atoms with Gasteiger partial charge in [0.2, 0.25) is 0 Å². The summed E-state index contributed by atoms with van der Waals surface area (Å²) in [7, 11) is 0. The van der Waals surface area contributed by atoms with Crippen molar-refractivity contribution in [3.63, 3.8) is 0 Å². The van der Waals surface area contributed by atoms with Crippen LogP contribution in [0, 0.1) is 20.8 Å². The summed E-state index contributed by atoms with van der Waals surface area (Å²) in [6.07, 6.45) is 1.80. The maximum Gasteiger partial charge on any atom is 0.192 e. The van der Waals surface area contributed by atoms with Gasteiger partial charge in [-0.1, -0.05) is 30.0 Å². The average molecular weight is 315 g/mol. The van der Waals surface area contributed by atoms with Crippen molar-refractivity contribution in [1.82, 2.24) is 14.8 Å². The number of hydrogen-bond acceptors (Lipinski definition) is 4. The van der Waals surface area contributed by atoms with E-state index < -0.39 is 0 Å². The van der Waals surface area contributed by atoms with Crippen molar-refractivity contribution in [2.75, 3.05) is 0 Å². The van der Waals surface area contributed by atoms with Crippen molar-refractivity contribution in [2.45, 2.75) is 44.6 Å². The molecular formula is C17H21N3OS. The van der Waals surface area contributed by atoms with Crippen LogP contribution in [0.15, 0.2) is 36.0 Å². The van der Waals surface area contributed by atoms with Gasteiger partial charge >= 0.3 is 0 Å². The molecule has 5 heteroatoms. The lowest BCUT2D eigenvalue weighted by atomic mass is 10.0. The molecule has 0 N–H and O–H groups in total. The topological polar surface area (TPSA) is 47.8 Å². The molecule has 0 saturated heterocycles. The molecule has 0 aliphatic heterocycles. The van der Waals surface area contributed by atoms with Crippen LogP contribution in [0.2, 0.25) is 0 Å². The van der Waals surface area contributed by atoms with Gasteiger partial charge in [0.1, 0.15) is 5.82 Å². The first kappa shape index (κ1) is 16.5. The molecule has 0 fully saturated rings. The highest BCUT2D eigenvalue weighted by Crippen LogP contribution is 2.25. The molecular weight excluding hydrogens is 294 g/mol. The van der Waals surface area contributed by atoms with Gasteiger partial charge < -0.3 is 4.57 Å². The third kappa shape index (κ3) is 3.47. The van der Waals surface area contributed by atoms with Crippen molar-refractivity contribution in [3.05, 3.63) is 53.4 Å². The standard InChI is InChI=1S/C17H21N3OS/c1-6-9-20-14(5)18-19-17(20)22-13(4)16(21)15-8-7-11(2)12(3)10-15/h6-8,10,13H,1,9H2,2-5H3. The Morgan fingerprint density at radius 1 is 1.32 bits per heavy atom. The minimum absolute atomic E-state index is 0.110. The Kier molecular flexibility index (Phi) is 5.19. The van der Waals surface area contributed by atoms with Gasteiger partial charge in [0.25, 0.3) is 0 Å². The van der Waals surface area contributed by atoms with Crippen molar-refractivity contribution < 1.29 is 4.79 Å². The number of allylic oxidation sites excluding steroid dienone is 1. The van der Waals surface area contributed by atoms with Crippen LogP contribution >= 0.6 is 11.8 Å². The van der Waals surface area contributed by atoms with Crippen LogP contribution in [-0.4, -0.2) is 25.8 Å². The fraction of sp³-hybridized carbons (Fsp3) is 0.353. The van der Waals surface area contributed by atoms with E-state index in [-0.39, 0.29) is 11.0 Å². The molecule has 0 bridgehead atoms. The van der Waals surface area contributed by atoms with Crippen LogP contribution in [0.1, 0.15) is 34.2 Å². The first-order valence-corrected chi connectivity index (χ1v) is 8.10. The van der Waals surface area contributed by atoms with Crippen molar-refractivity contribution >= 4 is 17.5 Å². The molecule has 0 spiro atoms. The second-order valence-electron chi connectivity index (χ2n) is 5.35. The van der Waals surface area contributed by atoms with Gasteiger partial charge in [-0.15, -0.1) is 16.8 Å². The van der Waals surface area contributed by atoms with E-state index in [1.165, 1.54) is 17.3 Å². The smallest absolute Gasteiger partial charge is 0.192 e. The Balaban J connectivity index is 2.18. The molecule has 0 aliphatic carbocycles. The zero-order valence-electron chi connectivity index (χ0n) is 13.5. The van der Waals surface area contributed by atoms with Crippen LogP contribution in [0.25, 0.3) is 0 Å². The van der Waals surface area contributed by atoms with E-state index in [9.17, 15) is 4.79 Å². The third-order valence-corrected chi connectivity index (χ3v) is 4.74. The molecule has 1 atom stereocenters. The third-order valence-electron chi connectivity index (χ3n) is 3.66. The minimum atomic E-state index is -0.214. The lowest BCUT2D eigenvalue weighted by molar-refractivity contribution is 0.0993. The normalized spacial score (nSPS) is 12.2. The summed E-state index contributed by atoms with van der Waals surface area (Å²) in [5.41, 5.74) is 3.07. The Hall–Kier alpha value is -1.88. The van der Waals surface area contributed by atoms with E-state index in [1.807, 2.05) is 50.5 Å². The monoisotopic (exact) mass is 315 g/mol. The highest BCUT2D eigenvalue weighted by atomic mass is 32.2. The number of Topliss-reactive ketones (excluding diaryl/α,β-unsaturated/α-hetero) is 1. The fourth-order valence-electron chi connectivity index (χ4n) is 2.13. The van der Waals surface area contributed by atoms with Crippen LogP contribution < -0.4 is 0 Å². The van der Waals surface area contributed by atoms with Crippen LogP contribution in [-0.2, 0) is 6.54 Å². The van der Waals surface area contributed by atoms with Crippen molar-refractivity contribution in [2.24, 2.45) is 0 Å². The summed E-state index contributed by atoms with van der Waals surface area (Å²) < 4.78 is 1.96. The molecule has 1 heterocycles. The van der Waals surface area contributed by atoms with E-state index in [2.05, 4.69) is 16.8 Å². The zero-order chi connectivity index (χ0) is 16.3. The van der Waals surface area contributed by atoms with E-state index in [0.717, 1.165) is 22.1 Å². The highest BCUT2D eigenvalue weighted by Gasteiger charge is 2.20. The summed E-state index contributed by atoms with van der Waals surface area (Å²) in [6, 6.07) is 5.83. The Bertz CT molecular complexity index is 706. The molecule has 0 radical (unpaired) electrons. The number of aromatic nitrogens is 3. The molecule has 1 unspecified atom stereocenters. The van der Waals surface area contributed by atoms with Gasteiger partial charge in [0, 0.05) is 12.1 Å². The molecule has 0 saturated carbocycles. The molecule has 1 aromatic heterocycles. The molecule has 2 rings (SSSR count). The molecule has 0 amide bonds. The number of benzene rings is 1. The number of aryl methyl sites for hydroxylation is 3. The van der Waals surface area contributed by atoms with Gasteiger partial charge in [-0.2, -0.15) is 0 Å². The minimum Gasteiger partial charge on any atom is -0.302 e. The molecule has 2 aromatic rings. The first-order chi connectivity index (χ1) is 10.4. The van der Waals surface area contributed by atoms with E-state index >= 15 is 0 Å². The molecule has 116 valence electrons. The van der Waals surface area contributed by atoms with E-state index in [4.69, 9.17) is 0 Å². The molecule has 22 heavy (non-hydrogen) atoms. The largest absolute Gasteiger partial charge is 0.302 e. The second-order valence-corrected chi connectivity index (χ2v) is 6.66. The fourth-order valence-corrected chi connectivity index (χ4v) is 3.11. The predicted octanol–water partition coefficient (Wildman–Crippen LogP) is 3.75. The Morgan fingerprint density at radius 3 is 2.68 bits per heavy atom. The van der Waals surface area contributed by atoms with Gasteiger partial charge in [0.05, 0.1) is 5.25 Å². The summed E-state index contributed by atoms with van der Waals surface area (Å²) >= 11 is 1.44. The van der Waals surface area contributed by atoms with Gasteiger partial charge in [0.15, 0.2) is 10.9 Å². The summed E-state index contributed by atoms with van der Waals surface area (Å²) in [4.78, 5) is 12.6. The molecule has 1 aromatic carbocycles. The number of rotatable bonds is 6.